The number of hydrogen-bond acceptors (Lipinski definition) is 5. The molecular formula is C14H12FN3OS. The third-order valence-corrected chi connectivity index (χ3v) is 4.05. The third-order valence-electron chi connectivity index (χ3n) is 3.00. The van der Waals surface area contributed by atoms with Crippen LogP contribution in [0.2, 0.25) is 0 Å². The van der Waals surface area contributed by atoms with Crippen LogP contribution in [0.4, 0.5) is 9.39 Å². The molecular weight excluding hydrogens is 277 g/mol. The van der Waals surface area contributed by atoms with Gasteiger partial charge < -0.3 is 10.3 Å². The maximum absolute atomic E-state index is 13.3. The number of hydrogen-bond donors (Lipinski definition) is 1. The van der Waals surface area contributed by atoms with E-state index in [2.05, 4.69) is 10.1 Å². The Labute approximate surface area is 119 Å². The Bertz CT molecular complexity index is 779. The van der Waals surface area contributed by atoms with Crippen LogP contribution in [0.5, 0.6) is 0 Å². The molecule has 0 saturated carbocycles. The number of nitrogens with two attached hydrogens (primary N) is 1. The number of aromatic nitrogens is 2. The third kappa shape index (κ3) is 2.18. The highest BCUT2D eigenvalue weighted by Crippen LogP contribution is 2.34. The largest absolute Gasteiger partial charge is 0.391 e. The number of thiophene rings is 1. The van der Waals surface area contributed by atoms with Crippen LogP contribution in [0, 0.1) is 19.7 Å². The lowest BCUT2D eigenvalue weighted by Crippen LogP contribution is -1.87. The van der Waals surface area contributed by atoms with E-state index in [-0.39, 0.29) is 5.82 Å². The van der Waals surface area contributed by atoms with Gasteiger partial charge in [-0.15, -0.1) is 11.3 Å². The van der Waals surface area contributed by atoms with Gasteiger partial charge in [-0.3, -0.25) is 0 Å². The summed E-state index contributed by atoms with van der Waals surface area (Å²) in [5.41, 5.74) is 8.26. The van der Waals surface area contributed by atoms with Gasteiger partial charge in [0.25, 0.3) is 5.89 Å². The normalized spacial score (nSPS) is 10.9. The van der Waals surface area contributed by atoms with Gasteiger partial charge in [0, 0.05) is 5.56 Å². The first kappa shape index (κ1) is 12.8. The van der Waals surface area contributed by atoms with Crippen molar-refractivity contribution in [1.82, 2.24) is 10.1 Å². The minimum Gasteiger partial charge on any atom is -0.391 e. The van der Waals surface area contributed by atoms with Gasteiger partial charge in [-0.1, -0.05) is 11.2 Å². The van der Waals surface area contributed by atoms with E-state index in [0.717, 1.165) is 16.0 Å². The van der Waals surface area contributed by atoms with Crippen LogP contribution in [0.3, 0.4) is 0 Å². The SMILES string of the molecule is Cc1ccc(F)cc1-c1noc(-c2sc(N)cc2C)n1. The number of rotatable bonds is 2. The summed E-state index contributed by atoms with van der Waals surface area (Å²) in [5, 5.41) is 4.62. The quantitative estimate of drug-likeness (QED) is 0.779. The van der Waals surface area contributed by atoms with Crippen LogP contribution in [-0.2, 0) is 0 Å². The van der Waals surface area contributed by atoms with Crippen LogP contribution in [0.1, 0.15) is 11.1 Å². The minimum absolute atomic E-state index is 0.325. The Morgan fingerprint density at radius 3 is 2.70 bits per heavy atom. The molecule has 0 radical (unpaired) electrons. The molecule has 0 amide bonds. The van der Waals surface area contributed by atoms with Crippen molar-refractivity contribution in [3.05, 3.63) is 41.2 Å². The molecule has 2 heterocycles. The molecule has 0 atom stereocenters. The zero-order chi connectivity index (χ0) is 14.3. The maximum Gasteiger partial charge on any atom is 0.268 e. The molecule has 0 spiro atoms. The summed E-state index contributed by atoms with van der Waals surface area (Å²) in [7, 11) is 0. The fraction of sp³-hybridized carbons (Fsp3) is 0.143. The van der Waals surface area contributed by atoms with Crippen molar-refractivity contribution in [3.8, 4) is 22.2 Å². The zero-order valence-electron chi connectivity index (χ0n) is 11.0. The number of anilines is 1. The van der Waals surface area contributed by atoms with Crippen molar-refractivity contribution < 1.29 is 8.91 Å². The van der Waals surface area contributed by atoms with E-state index in [1.807, 2.05) is 19.9 Å². The van der Waals surface area contributed by atoms with E-state index in [1.54, 1.807) is 6.07 Å². The molecule has 20 heavy (non-hydrogen) atoms. The van der Waals surface area contributed by atoms with Gasteiger partial charge >= 0.3 is 0 Å². The molecule has 3 rings (SSSR count). The Hall–Kier alpha value is -2.21. The van der Waals surface area contributed by atoms with Crippen molar-refractivity contribution in [2.75, 3.05) is 5.73 Å². The Kier molecular flexibility index (Phi) is 3.02. The summed E-state index contributed by atoms with van der Waals surface area (Å²) in [4.78, 5) is 5.18. The van der Waals surface area contributed by atoms with Crippen LogP contribution in [-0.4, -0.2) is 10.1 Å². The molecule has 2 N–H and O–H groups in total. The molecule has 6 heteroatoms. The van der Waals surface area contributed by atoms with Crippen LogP contribution in [0.25, 0.3) is 22.2 Å². The van der Waals surface area contributed by atoms with Gasteiger partial charge in [0.05, 0.1) is 9.88 Å². The smallest absolute Gasteiger partial charge is 0.268 e. The second-order valence-corrected chi connectivity index (χ2v) is 5.63. The number of halogens is 1. The number of nitrogens with zero attached hydrogens (tertiary/aromatic N) is 2. The predicted molar refractivity (Wildman–Crippen MR) is 76.9 cm³/mol. The summed E-state index contributed by atoms with van der Waals surface area (Å²) in [6.45, 7) is 3.80. The van der Waals surface area contributed by atoms with E-state index in [9.17, 15) is 4.39 Å². The molecule has 0 bridgehead atoms. The molecule has 3 aromatic rings. The van der Waals surface area contributed by atoms with Crippen molar-refractivity contribution in [1.29, 1.82) is 0 Å². The van der Waals surface area contributed by atoms with Gasteiger partial charge in [0.15, 0.2) is 0 Å². The van der Waals surface area contributed by atoms with E-state index in [1.165, 1.54) is 23.5 Å². The second kappa shape index (κ2) is 4.72. The van der Waals surface area contributed by atoms with E-state index >= 15 is 0 Å². The van der Waals surface area contributed by atoms with Crippen LogP contribution in [0.15, 0.2) is 28.8 Å². The van der Waals surface area contributed by atoms with Gasteiger partial charge in [-0.05, 0) is 43.2 Å². The highest BCUT2D eigenvalue weighted by Gasteiger charge is 2.16. The number of aryl methyl sites for hydroxylation is 2. The Morgan fingerprint density at radius 1 is 1.20 bits per heavy atom. The highest BCUT2D eigenvalue weighted by atomic mass is 32.1. The van der Waals surface area contributed by atoms with Gasteiger partial charge in [0.2, 0.25) is 5.82 Å². The standard InChI is InChI=1S/C14H12FN3OS/c1-7-3-4-9(15)6-10(7)13-17-14(19-18-13)12-8(2)5-11(16)20-12/h3-6H,16H2,1-2H3. The number of nitrogen functional groups attached to an aromatic ring is 1. The fourth-order valence-corrected chi connectivity index (χ4v) is 2.84. The summed E-state index contributed by atoms with van der Waals surface area (Å²) in [6.07, 6.45) is 0. The summed E-state index contributed by atoms with van der Waals surface area (Å²) in [6, 6.07) is 6.36. The molecule has 4 nitrogen and oxygen atoms in total. The molecule has 0 aliphatic carbocycles. The Balaban J connectivity index is 2.06. The van der Waals surface area contributed by atoms with Gasteiger partial charge in [-0.2, -0.15) is 4.98 Å². The van der Waals surface area contributed by atoms with E-state index < -0.39 is 0 Å². The lowest BCUT2D eigenvalue weighted by Gasteiger charge is -1.99. The van der Waals surface area contributed by atoms with Crippen molar-refractivity contribution >= 4 is 16.3 Å². The predicted octanol–water partition coefficient (Wildman–Crippen LogP) is 3.80. The van der Waals surface area contributed by atoms with Gasteiger partial charge in [0.1, 0.15) is 5.82 Å². The summed E-state index contributed by atoms with van der Waals surface area (Å²) >= 11 is 1.39. The number of benzene rings is 1. The molecule has 0 aliphatic rings. The maximum atomic E-state index is 13.3. The van der Waals surface area contributed by atoms with Crippen LogP contribution >= 0.6 is 11.3 Å². The molecule has 102 valence electrons. The monoisotopic (exact) mass is 289 g/mol. The lowest BCUT2D eigenvalue weighted by molar-refractivity contribution is 0.433. The summed E-state index contributed by atoms with van der Waals surface area (Å²) in [5.74, 6) is 0.458. The fourth-order valence-electron chi connectivity index (χ4n) is 1.98. The molecule has 0 aliphatic heterocycles. The van der Waals surface area contributed by atoms with E-state index in [4.69, 9.17) is 10.3 Å². The molecule has 0 saturated heterocycles. The van der Waals surface area contributed by atoms with Crippen molar-refractivity contribution in [2.24, 2.45) is 0 Å². The Morgan fingerprint density at radius 2 is 2.00 bits per heavy atom. The zero-order valence-corrected chi connectivity index (χ0v) is 11.8. The average molecular weight is 289 g/mol. The highest BCUT2D eigenvalue weighted by molar-refractivity contribution is 7.19. The first-order chi connectivity index (χ1) is 9.54. The summed E-state index contributed by atoms with van der Waals surface area (Å²) < 4.78 is 18.6. The molecule has 0 unspecified atom stereocenters. The van der Waals surface area contributed by atoms with Crippen molar-refractivity contribution in [2.45, 2.75) is 13.8 Å². The first-order valence-corrected chi connectivity index (χ1v) is 6.83. The topological polar surface area (TPSA) is 64.9 Å². The molecule has 2 aromatic heterocycles. The first-order valence-electron chi connectivity index (χ1n) is 6.01. The van der Waals surface area contributed by atoms with Crippen LogP contribution < -0.4 is 5.73 Å². The molecule has 1 aromatic carbocycles. The van der Waals surface area contributed by atoms with Crippen molar-refractivity contribution in [3.63, 3.8) is 0 Å². The minimum atomic E-state index is -0.325. The van der Waals surface area contributed by atoms with Gasteiger partial charge in [-0.25, -0.2) is 4.39 Å². The lowest BCUT2D eigenvalue weighted by atomic mass is 10.1. The second-order valence-electron chi connectivity index (χ2n) is 4.54. The molecule has 0 fully saturated rings. The average Bonchev–Trinajstić information content (AvgIpc) is 2.99. The van der Waals surface area contributed by atoms with E-state index in [0.29, 0.717) is 22.3 Å².